The van der Waals surface area contributed by atoms with Crippen molar-refractivity contribution < 1.29 is 0 Å². The molecule has 8 N–H and O–H groups in total. The number of nitrogens with zero attached hydrogens (tertiary/aromatic N) is 4. The number of nitrogens with two attached hydrogens (primary N) is 4. The fraction of sp³-hybridized carbons (Fsp3) is 0.600. The van der Waals surface area contributed by atoms with Crippen LogP contribution in [0.2, 0.25) is 0 Å². The van der Waals surface area contributed by atoms with Crippen LogP contribution in [-0.4, -0.2) is 23.0 Å². The SMILES string of the molecule is N#CC1(N=C(N)N)CCCCC1(C#N)N=C(N)N. The van der Waals surface area contributed by atoms with Gasteiger partial charge in [0.2, 0.25) is 0 Å². The van der Waals surface area contributed by atoms with E-state index in [2.05, 4.69) is 9.98 Å². The maximum atomic E-state index is 9.40. The van der Waals surface area contributed by atoms with Gasteiger partial charge in [0.05, 0.1) is 12.1 Å². The average Bonchev–Trinajstić information content (AvgIpc) is 2.30. The standard InChI is InChI=1S/C10H16N8/c11-5-9(17-7(13)14)3-1-2-4-10(9,6-12)18-8(15)16/h1-4H2,(H4,13,14,17)(H4,15,16,18). The van der Waals surface area contributed by atoms with Crippen molar-refractivity contribution >= 4 is 11.9 Å². The van der Waals surface area contributed by atoms with E-state index >= 15 is 0 Å². The highest BCUT2D eigenvalue weighted by Gasteiger charge is 2.55. The summed E-state index contributed by atoms with van der Waals surface area (Å²) in [6.45, 7) is 0. The van der Waals surface area contributed by atoms with Crippen LogP contribution in [0, 0.1) is 22.7 Å². The lowest BCUT2D eigenvalue weighted by Gasteiger charge is -2.39. The Hall–Kier alpha value is -2.48. The first-order valence-electron chi connectivity index (χ1n) is 5.45. The molecule has 1 saturated carbocycles. The van der Waals surface area contributed by atoms with Crippen LogP contribution in [0.5, 0.6) is 0 Å². The Kier molecular flexibility index (Phi) is 3.62. The Morgan fingerprint density at radius 3 is 1.39 bits per heavy atom. The quantitative estimate of drug-likeness (QED) is 0.346. The molecule has 1 rings (SSSR count). The zero-order valence-corrected chi connectivity index (χ0v) is 9.93. The molecule has 0 aliphatic heterocycles. The first kappa shape index (κ1) is 13.6. The average molecular weight is 248 g/mol. The third kappa shape index (κ3) is 2.13. The molecule has 0 spiro atoms. The van der Waals surface area contributed by atoms with Gasteiger partial charge in [0.1, 0.15) is 0 Å². The third-order valence-corrected chi connectivity index (χ3v) is 3.02. The summed E-state index contributed by atoms with van der Waals surface area (Å²) in [7, 11) is 0. The highest BCUT2D eigenvalue weighted by Crippen LogP contribution is 2.42. The van der Waals surface area contributed by atoms with Crippen LogP contribution in [0.1, 0.15) is 25.7 Å². The smallest absolute Gasteiger partial charge is 0.188 e. The number of guanidine groups is 2. The number of nitriles is 2. The van der Waals surface area contributed by atoms with Crippen molar-refractivity contribution in [2.45, 2.75) is 36.8 Å². The zero-order valence-electron chi connectivity index (χ0n) is 9.93. The van der Waals surface area contributed by atoms with E-state index in [1.165, 1.54) is 0 Å². The van der Waals surface area contributed by atoms with Crippen LogP contribution in [0.25, 0.3) is 0 Å². The molecular formula is C10H16N8. The Morgan fingerprint density at radius 2 is 1.17 bits per heavy atom. The van der Waals surface area contributed by atoms with Crippen molar-refractivity contribution in [1.82, 2.24) is 0 Å². The molecule has 0 saturated heterocycles. The van der Waals surface area contributed by atoms with Crippen LogP contribution in [0.4, 0.5) is 0 Å². The van der Waals surface area contributed by atoms with E-state index in [0.717, 1.165) is 12.8 Å². The summed E-state index contributed by atoms with van der Waals surface area (Å²) in [5, 5.41) is 18.8. The lowest BCUT2D eigenvalue weighted by molar-refractivity contribution is 0.257. The summed E-state index contributed by atoms with van der Waals surface area (Å²) >= 11 is 0. The molecule has 2 atom stereocenters. The minimum atomic E-state index is -1.43. The molecule has 0 aromatic carbocycles. The summed E-state index contributed by atoms with van der Waals surface area (Å²) in [5.41, 5.74) is 18.5. The van der Waals surface area contributed by atoms with E-state index in [4.69, 9.17) is 22.9 Å². The predicted molar refractivity (Wildman–Crippen MR) is 66.8 cm³/mol. The molecule has 1 aliphatic rings. The molecule has 0 bridgehead atoms. The van der Waals surface area contributed by atoms with Gasteiger partial charge in [-0.1, -0.05) is 0 Å². The minimum absolute atomic E-state index is 0.260. The van der Waals surface area contributed by atoms with E-state index in [0.29, 0.717) is 12.8 Å². The van der Waals surface area contributed by atoms with Gasteiger partial charge in [-0.15, -0.1) is 0 Å². The largest absolute Gasteiger partial charge is 0.370 e. The van der Waals surface area contributed by atoms with Crippen LogP contribution >= 0.6 is 0 Å². The van der Waals surface area contributed by atoms with Crippen molar-refractivity contribution in [2.24, 2.45) is 32.9 Å². The van der Waals surface area contributed by atoms with E-state index in [1.807, 2.05) is 12.1 Å². The summed E-state index contributed by atoms with van der Waals surface area (Å²) in [6, 6.07) is 4.02. The summed E-state index contributed by atoms with van der Waals surface area (Å²) < 4.78 is 0. The van der Waals surface area contributed by atoms with E-state index in [-0.39, 0.29) is 11.9 Å². The number of rotatable bonds is 2. The molecule has 2 unspecified atom stereocenters. The lowest BCUT2D eigenvalue weighted by Crippen LogP contribution is -2.55. The molecule has 1 aliphatic carbocycles. The van der Waals surface area contributed by atoms with E-state index in [1.54, 1.807) is 0 Å². The predicted octanol–water partition coefficient (Wildman–Crippen LogP) is -1.37. The lowest BCUT2D eigenvalue weighted by atomic mass is 9.69. The third-order valence-electron chi connectivity index (χ3n) is 3.02. The van der Waals surface area contributed by atoms with Gasteiger partial charge in [0.15, 0.2) is 23.0 Å². The molecule has 0 amide bonds. The van der Waals surface area contributed by atoms with Gasteiger partial charge in [-0.05, 0) is 25.7 Å². The van der Waals surface area contributed by atoms with Crippen LogP contribution in [0.15, 0.2) is 9.98 Å². The van der Waals surface area contributed by atoms with Gasteiger partial charge >= 0.3 is 0 Å². The van der Waals surface area contributed by atoms with Crippen LogP contribution in [0.3, 0.4) is 0 Å². The van der Waals surface area contributed by atoms with Gasteiger partial charge in [0, 0.05) is 0 Å². The van der Waals surface area contributed by atoms with Gasteiger partial charge in [-0.3, -0.25) is 0 Å². The molecule has 96 valence electrons. The molecule has 18 heavy (non-hydrogen) atoms. The zero-order chi connectivity index (χ0) is 13.8. The topological polar surface area (TPSA) is 176 Å². The Labute approximate surface area is 105 Å². The van der Waals surface area contributed by atoms with Crippen molar-refractivity contribution in [1.29, 1.82) is 10.5 Å². The fourth-order valence-electron chi connectivity index (χ4n) is 2.26. The molecular weight excluding hydrogens is 232 g/mol. The number of hydrogen-bond donors (Lipinski definition) is 4. The molecule has 1 fully saturated rings. The monoisotopic (exact) mass is 248 g/mol. The normalized spacial score (nSPS) is 30.6. The highest BCUT2D eigenvalue weighted by molar-refractivity contribution is 5.78. The molecule has 0 radical (unpaired) electrons. The van der Waals surface area contributed by atoms with Crippen LogP contribution < -0.4 is 22.9 Å². The van der Waals surface area contributed by atoms with Gasteiger partial charge in [-0.2, -0.15) is 10.5 Å². The van der Waals surface area contributed by atoms with Crippen molar-refractivity contribution in [2.75, 3.05) is 0 Å². The van der Waals surface area contributed by atoms with E-state index in [9.17, 15) is 10.5 Å². The molecule has 0 aromatic rings. The maximum absolute atomic E-state index is 9.40. The Morgan fingerprint density at radius 1 is 0.833 bits per heavy atom. The van der Waals surface area contributed by atoms with Crippen molar-refractivity contribution in [3.05, 3.63) is 0 Å². The molecule has 8 nitrogen and oxygen atoms in total. The first-order chi connectivity index (χ1) is 8.41. The van der Waals surface area contributed by atoms with Crippen molar-refractivity contribution in [3.63, 3.8) is 0 Å². The highest BCUT2D eigenvalue weighted by atomic mass is 15.1. The molecule has 0 aromatic heterocycles. The first-order valence-corrected chi connectivity index (χ1v) is 5.45. The van der Waals surface area contributed by atoms with Gasteiger partial charge < -0.3 is 22.9 Å². The summed E-state index contributed by atoms with van der Waals surface area (Å²) in [4.78, 5) is 7.87. The number of hydrogen-bond acceptors (Lipinski definition) is 4. The minimum Gasteiger partial charge on any atom is -0.370 e. The molecule has 8 heteroatoms. The Bertz CT molecular complexity index is 415. The molecule has 0 heterocycles. The second-order valence-corrected chi connectivity index (χ2v) is 4.22. The second kappa shape index (κ2) is 4.80. The van der Waals surface area contributed by atoms with Crippen molar-refractivity contribution in [3.8, 4) is 12.1 Å². The van der Waals surface area contributed by atoms with Gasteiger partial charge in [0.25, 0.3) is 0 Å². The number of aliphatic imine (C=N–C) groups is 2. The van der Waals surface area contributed by atoms with Crippen LogP contribution in [-0.2, 0) is 0 Å². The summed E-state index contributed by atoms with van der Waals surface area (Å²) in [6.07, 6.45) is 2.14. The summed E-state index contributed by atoms with van der Waals surface area (Å²) in [5.74, 6) is -0.521. The Balaban J connectivity index is 3.45. The maximum Gasteiger partial charge on any atom is 0.188 e. The second-order valence-electron chi connectivity index (χ2n) is 4.22. The van der Waals surface area contributed by atoms with Gasteiger partial charge in [-0.25, -0.2) is 9.98 Å². The fourth-order valence-corrected chi connectivity index (χ4v) is 2.26. The van der Waals surface area contributed by atoms with E-state index < -0.39 is 11.1 Å².